The molecule has 0 aromatic heterocycles. The molecule has 4 aromatic carbocycles. The smallest absolute Gasteiger partial charge is 0.326 e. The number of methoxy groups -OCH3 is 1. The van der Waals surface area contributed by atoms with Crippen molar-refractivity contribution in [3.8, 4) is 28.4 Å². The van der Waals surface area contributed by atoms with Gasteiger partial charge in [0.25, 0.3) is 0 Å². The first-order valence-electron chi connectivity index (χ1n) is 18.6. The summed E-state index contributed by atoms with van der Waals surface area (Å²) in [6.07, 6.45) is 1.25. The van der Waals surface area contributed by atoms with Crippen LogP contribution in [0.3, 0.4) is 0 Å². The molecular formula is C43H50Cl2N2O10. The average molecular weight is 826 g/mol. The Hall–Kier alpha value is -4.40. The fourth-order valence-corrected chi connectivity index (χ4v) is 7.18. The monoisotopic (exact) mass is 824 g/mol. The molecule has 0 heterocycles. The highest BCUT2D eigenvalue weighted by Crippen LogP contribution is 2.44. The number of hydrogen-bond acceptors (Lipinski definition) is 10. The Morgan fingerprint density at radius 2 is 1.39 bits per heavy atom. The van der Waals surface area contributed by atoms with Crippen LogP contribution in [0.25, 0.3) is 11.1 Å². The Morgan fingerprint density at radius 3 is 2.02 bits per heavy atom. The summed E-state index contributed by atoms with van der Waals surface area (Å²) in [4.78, 5) is 23.4. The van der Waals surface area contributed by atoms with Gasteiger partial charge in [-0.15, -0.1) is 0 Å². The second-order valence-corrected chi connectivity index (χ2v) is 15.3. The van der Waals surface area contributed by atoms with Crippen LogP contribution in [0.5, 0.6) is 17.2 Å². The number of hydrogen-bond donors (Lipinski definition) is 6. The highest BCUT2D eigenvalue weighted by Gasteiger charge is 2.34. The summed E-state index contributed by atoms with van der Waals surface area (Å²) in [6.45, 7) is 6.67. The van der Waals surface area contributed by atoms with Crippen molar-refractivity contribution in [3.63, 3.8) is 0 Å². The van der Waals surface area contributed by atoms with E-state index in [9.17, 15) is 30.0 Å². The molecule has 0 amide bonds. The number of rotatable bonds is 20. The summed E-state index contributed by atoms with van der Waals surface area (Å²) in [5.41, 5.74) is 5.49. The normalized spacial score (nSPS) is 15.7. The number of ether oxygens (including phenoxy) is 4. The zero-order valence-electron chi connectivity index (χ0n) is 32.7. The van der Waals surface area contributed by atoms with Crippen LogP contribution >= 0.6 is 23.2 Å². The number of halogens is 2. The fraction of sp³-hybridized carbons (Fsp3) is 0.395. The zero-order chi connectivity index (χ0) is 41.5. The van der Waals surface area contributed by atoms with Gasteiger partial charge in [0.2, 0.25) is 0 Å². The molecule has 0 radical (unpaired) electrons. The van der Waals surface area contributed by atoms with E-state index >= 15 is 0 Å². The first-order valence-corrected chi connectivity index (χ1v) is 19.4. The van der Waals surface area contributed by atoms with Crippen LogP contribution in [0.15, 0.2) is 60.7 Å². The SMILES string of the molecule is CCOc1cc(O[C@H]2CCc3c(-c4cccc(COc5cc(COC)c(CN[C@@](C)(CO)C(=O)O)cc5Cl)c4C)cccc32)c(Cl)cc1CN[C@@](C)(CO)C(=O)O. The number of aliphatic hydroxyl groups excluding tert-OH is 2. The van der Waals surface area contributed by atoms with Crippen molar-refractivity contribution >= 4 is 35.1 Å². The molecular weight excluding hydrogens is 775 g/mol. The molecule has 0 aliphatic heterocycles. The zero-order valence-corrected chi connectivity index (χ0v) is 34.2. The molecule has 14 heteroatoms. The average Bonchev–Trinajstić information content (AvgIpc) is 3.60. The van der Waals surface area contributed by atoms with Crippen LogP contribution in [0.2, 0.25) is 10.0 Å². The van der Waals surface area contributed by atoms with E-state index in [4.69, 9.17) is 42.1 Å². The van der Waals surface area contributed by atoms with E-state index in [1.807, 2.05) is 25.1 Å². The fourth-order valence-electron chi connectivity index (χ4n) is 6.71. The summed E-state index contributed by atoms with van der Waals surface area (Å²) < 4.78 is 24.1. The van der Waals surface area contributed by atoms with E-state index in [1.165, 1.54) is 19.4 Å². The number of aliphatic hydroxyl groups is 2. The molecule has 0 saturated heterocycles. The van der Waals surface area contributed by atoms with Gasteiger partial charge in [0.15, 0.2) is 0 Å². The summed E-state index contributed by atoms with van der Waals surface area (Å²) in [5.74, 6) is -0.932. The van der Waals surface area contributed by atoms with E-state index in [0.29, 0.717) is 39.5 Å². The molecule has 0 bridgehead atoms. The minimum atomic E-state index is -1.54. The molecule has 4 aromatic rings. The number of fused-ring (bicyclic) bond motifs is 1. The van der Waals surface area contributed by atoms with Crippen LogP contribution in [0.4, 0.5) is 0 Å². The predicted octanol–water partition coefficient (Wildman–Crippen LogP) is 7.01. The van der Waals surface area contributed by atoms with Crippen molar-refractivity contribution in [2.75, 3.05) is 26.9 Å². The Morgan fingerprint density at radius 1 is 0.772 bits per heavy atom. The lowest BCUT2D eigenvalue weighted by Gasteiger charge is -2.25. The Balaban J connectivity index is 1.34. The first-order chi connectivity index (χ1) is 27.2. The van der Waals surface area contributed by atoms with Crippen LogP contribution in [-0.2, 0) is 47.1 Å². The predicted molar refractivity (Wildman–Crippen MR) is 217 cm³/mol. The number of nitrogens with one attached hydrogen (secondary N) is 2. The van der Waals surface area contributed by atoms with Crippen molar-refractivity contribution < 1.29 is 49.0 Å². The maximum atomic E-state index is 11.7. The van der Waals surface area contributed by atoms with Gasteiger partial charge in [0.05, 0.1) is 36.5 Å². The Bertz CT molecular complexity index is 2100. The summed E-state index contributed by atoms with van der Waals surface area (Å²) in [7, 11) is 1.57. The number of carboxylic acid groups (broad SMARTS) is 2. The maximum Gasteiger partial charge on any atom is 0.326 e. The highest BCUT2D eigenvalue weighted by molar-refractivity contribution is 6.32. The lowest BCUT2D eigenvalue weighted by atomic mass is 9.91. The maximum absolute atomic E-state index is 11.7. The van der Waals surface area contributed by atoms with Gasteiger partial charge >= 0.3 is 11.9 Å². The molecule has 6 N–H and O–H groups in total. The summed E-state index contributed by atoms with van der Waals surface area (Å²) >= 11 is 13.4. The van der Waals surface area contributed by atoms with E-state index in [-0.39, 0.29) is 32.4 Å². The van der Waals surface area contributed by atoms with E-state index in [2.05, 4.69) is 35.8 Å². The van der Waals surface area contributed by atoms with E-state index in [0.717, 1.165) is 51.8 Å². The van der Waals surface area contributed by atoms with Crippen molar-refractivity contribution in [3.05, 3.63) is 110 Å². The number of aliphatic carboxylic acids is 2. The summed E-state index contributed by atoms with van der Waals surface area (Å²) in [6, 6.07) is 19.3. The molecule has 3 atom stereocenters. The first kappa shape index (κ1) is 43.7. The van der Waals surface area contributed by atoms with Crippen molar-refractivity contribution in [1.29, 1.82) is 0 Å². The lowest BCUT2D eigenvalue weighted by Crippen LogP contribution is -2.52. The van der Waals surface area contributed by atoms with Gasteiger partial charge in [-0.05, 0) is 103 Å². The minimum Gasteiger partial charge on any atom is -0.493 e. The molecule has 306 valence electrons. The van der Waals surface area contributed by atoms with Crippen LogP contribution in [0, 0.1) is 6.92 Å². The molecule has 0 spiro atoms. The molecule has 0 saturated carbocycles. The standard InChI is InChI=1S/C43H50Cl2N2O10/c1-6-55-37-18-39(35(45)16-28(37)20-47-43(4,24-49)41(52)53)57-36-14-13-32-31(11-8-12-33(32)36)30-10-7-9-26(25(30)2)22-56-38-17-29(21-54-5)27(15-34(38)44)19-46-42(3,23-48)40(50)51/h7-12,15-18,36,46-49H,6,13-14,19-24H2,1-5H3,(H,50,51)(H,52,53)/t36-,42-,43-/m0/s1. The van der Waals surface area contributed by atoms with Gasteiger partial charge in [-0.2, -0.15) is 0 Å². The van der Waals surface area contributed by atoms with Crippen molar-refractivity contribution in [1.82, 2.24) is 10.6 Å². The molecule has 1 aliphatic rings. The molecule has 0 fully saturated rings. The molecule has 57 heavy (non-hydrogen) atoms. The van der Waals surface area contributed by atoms with Crippen molar-refractivity contribution in [2.45, 2.75) is 84.0 Å². The molecule has 0 unspecified atom stereocenters. The third kappa shape index (κ3) is 9.84. The highest BCUT2D eigenvalue weighted by atomic mass is 35.5. The minimum absolute atomic E-state index is 0.103. The van der Waals surface area contributed by atoms with E-state index < -0.39 is 36.2 Å². The van der Waals surface area contributed by atoms with Gasteiger partial charge < -0.3 is 39.4 Å². The lowest BCUT2D eigenvalue weighted by molar-refractivity contribution is -0.146. The quantitative estimate of drug-likeness (QED) is 0.0539. The second kappa shape index (κ2) is 18.9. The van der Waals surface area contributed by atoms with Gasteiger partial charge in [-0.25, -0.2) is 0 Å². The number of benzene rings is 4. The molecule has 1 aliphatic carbocycles. The Kier molecular flexibility index (Phi) is 14.5. The number of carbonyl (C=O) groups is 2. The van der Waals surface area contributed by atoms with E-state index in [1.54, 1.807) is 31.4 Å². The van der Waals surface area contributed by atoms with Crippen LogP contribution < -0.4 is 24.8 Å². The van der Waals surface area contributed by atoms with Gasteiger partial charge in [0, 0.05) is 31.8 Å². The molecule has 5 rings (SSSR count). The molecule has 12 nitrogen and oxygen atoms in total. The van der Waals surface area contributed by atoms with Gasteiger partial charge in [0.1, 0.15) is 41.0 Å². The van der Waals surface area contributed by atoms with Crippen LogP contribution in [-0.4, -0.2) is 70.4 Å². The van der Waals surface area contributed by atoms with Gasteiger partial charge in [-0.3, -0.25) is 20.2 Å². The number of carboxylic acids is 2. The summed E-state index contributed by atoms with van der Waals surface area (Å²) in [5, 5.41) is 44.9. The third-order valence-corrected chi connectivity index (χ3v) is 11.1. The Labute approximate surface area is 342 Å². The van der Waals surface area contributed by atoms with Gasteiger partial charge in [-0.1, -0.05) is 59.6 Å². The topological polar surface area (TPSA) is 176 Å². The van der Waals surface area contributed by atoms with Crippen molar-refractivity contribution in [2.24, 2.45) is 0 Å². The largest absolute Gasteiger partial charge is 0.493 e. The third-order valence-electron chi connectivity index (χ3n) is 10.5. The van der Waals surface area contributed by atoms with Crippen LogP contribution in [0.1, 0.15) is 72.2 Å². The second-order valence-electron chi connectivity index (χ2n) is 14.5.